The van der Waals surface area contributed by atoms with E-state index >= 15 is 0 Å². The smallest absolute Gasteiger partial charge is 0.243 e. The molecule has 1 saturated carbocycles. The van der Waals surface area contributed by atoms with E-state index in [0.29, 0.717) is 25.1 Å². The standard InChI is InChI=1S/C33H41N3O4S/c1-26-14-9-10-17-28(26)25-35(32(37)22-13-23-36(41(2,39)40)30-20-7-4-8-21-30)31(24-27-15-5-3-6-16-27)33(38)34-29-18-11-12-19-29/h3-10,14-17,20-21,29,31H,11-13,18-19,22-25H2,1-2H3,(H,34,38). The van der Waals surface area contributed by atoms with E-state index in [1.165, 1.54) is 10.6 Å². The second-order valence-electron chi connectivity index (χ2n) is 10.9. The maximum absolute atomic E-state index is 14.0. The van der Waals surface area contributed by atoms with Gasteiger partial charge in [-0.05, 0) is 55.0 Å². The van der Waals surface area contributed by atoms with Gasteiger partial charge in [0.05, 0.1) is 11.9 Å². The second kappa shape index (κ2) is 14.3. The molecule has 0 spiro atoms. The van der Waals surface area contributed by atoms with Gasteiger partial charge in [0.1, 0.15) is 6.04 Å². The van der Waals surface area contributed by atoms with E-state index < -0.39 is 16.1 Å². The summed E-state index contributed by atoms with van der Waals surface area (Å²) in [5, 5.41) is 3.23. The molecule has 218 valence electrons. The van der Waals surface area contributed by atoms with Crippen molar-refractivity contribution < 1.29 is 18.0 Å². The fraction of sp³-hybridized carbons (Fsp3) is 0.394. The largest absolute Gasteiger partial charge is 0.352 e. The Morgan fingerprint density at radius 2 is 1.51 bits per heavy atom. The van der Waals surface area contributed by atoms with Crippen LogP contribution in [0.4, 0.5) is 5.69 Å². The summed E-state index contributed by atoms with van der Waals surface area (Å²) < 4.78 is 26.5. The summed E-state index contributed by atoms with van der Waals surface area (Å²) in [6.45, 7) is 2.48. The van der Waals surface area contributed by atoms with Crippen LogP contribution in [0.15, 0.2) is 84.9 Å². The highest BCUT2D eigenvalue weighted by Gasteiger charge is 2.32. The third kappa shape index (κ3) is 8.67. The van der Waals surface area contributed by atoms with Crippen LogP contribution in [-0.2, 0) is 32.6 Å². The summed E-state index contributed by atoms with van der Waals surface area (Å²) in [6, 6.07) is 26.0. The van der Waals surface area contributed by atoms with Crippen LogP contribution < -0.4 is 9.62 Å². The predicted molar refractivity (Wildman–Crippen MR) is 164 cm³/mol. The van der Waals surface area contributed by atoms with Crippen LogP contribution in [0.3, 0.4) is 0 Å². The number of carbonyl (C=O) groups is 2. The van der Waals surface area contributed by atoms with Crippen LogP contribution >= 0.6 is 0 Å². The van der Waals surface area contributed by atoms with Gasteiger partial charge in [-0.15, -0.1) is 0 Å². The van der Waals surface area contributed by atoms with Gasteiger partial charge in [-0.2, -0.15) is 0 Å². The molecule has 8 heteroatoms. The van der Waals surface area contributed by atoms with Crippen LogP contribution in [0.5, 0.6) is 0 Å². The second-order valence-corrected chi connectivity index (χ2v) is 12.8. The number of aryl methyl sites for hydroxylation is 1. The van der Waals surface area contributed by atoms with Gasteiger partial charge in [0.15, 0.2) is 0 Å². The molecule has 1 N–H and O–H groups in total. The molecule has 0 heterocycles. The molecular formula is C33H41N3O4S. The minimum Gasteiger partial charge on any atom is -0.352 e. The van der Waals surface area contributed by atoms with E-state index in [4.69, 9.17) is 0 Å². The predicted octanol–water partition coefficient (Wildman–Crippen LogP) is 5.24. The van der Waals surface area contributed by atoms with Gasteiger partial charge in [-0.3, -0.25) is 13.9 Å². The lowest BCUT2D eigenvalue weighted by Gasteiger charge is -2.33. The summed E-state index contributed by atoms with van der Waals surface area (Å²) >= 11 is 0. The molecular weight excluding hydrogens is 534 g/mol. The first kappa shape index (κ1) is 30.3. The van der Waals surface area contributed by atoms with Crippen molar-refractivity contribution in [2.45, 2.75) is 70.5 Å². The average Bonchev–Trinajstić information content (AvgIpc) is 3.47. The van der Waals surface area contributed by atoms with E-state index in [1.54, 1.807) is 29.2 Å². The van der Waals surface area contributed by atoms with Crippen LogP contribution in [0.25, 0.3) is 0 Å². The Morgan fingerprint density at radius 1 is 0.902 bits per heavy atom. The Morgan fingerprint density at radius 3 is 2.15 bits per heavy atom. The van der Waals surface area contributed by atoms with Crippen molar-refractivity contribution in [3.05, 3.63) is 102 Å². The van der Waals surface area contributed by atoms with Crippen molar-refractivity contribution in [2.75, 3.05) is 17.1 Å². The molecule has 0 aliphatic heterocycles. The lowest BCUT2D eigenvalue weighted by Crippen LogP contribution is -2.52. The van der Waals surface area contributed by atoms with E-state index in [-0.39, 0.29) is 30.8 Å². The Balaban J connectivity index is 1.59. The Labute approximate surface area is 244 Å². The molecule has 2 amide bonds. The number of hydrogen-bond donors (Lipinski definition) is 1. The van der Waals surface area contributed by atoms with E-state index in [0.717, 1.165) is 42.4 Å². The third-order valence-electron chi connectivity index (χ3n) is 7.77. The Hall–Kier alpha value is -3.65. The number of nitrogens with one attached hydrogen (secondary N) is 1. The summed E-state index contributed by atoms with van der Waals surface area (Å²) in [6.07, 6.45) is 6.12. The highest BCUT2D eigenvalue weighted by atomic mass is 32.2. The van der Waals surface area contributed by atoms with E-state index in [9.17, 15) is 18.0 Å². The number of anilines is 1. The number of rotatable bonds is 13. The number of benzene rings is 3. The van der Waals surface area contributed by atoms with Crippen molar-refractivity contribution in [1.82, 2.24) is 10.2 Å². The zero-order valence-corrected chi connectivity index (χ0v) is 24.9. The SMILES string of the molecule is Cc1ccccc1CN(C(=O)CCCN(c1ccccc1)S(C)(=O)=O)C(Cc1ccccc1)C(=O)NC1CCCC1. The van der Waals surface area contributed by atoms with Crippen molar-refractivity contribution in [2.24, 2.45) is 0 Å². The van der Waals surface area contributed by atoms with Crippen LogP contribution in [0.2, 0.25) is 0 Å². The van der Waals surface area contributed by atoms with Gasteiger partial charge in [0.2, 0.25) is 21.8 Å². The number of para-hydroxylation sites is 1. The lowest BCUT2D eigenvalue weighted by molar-refractivity contribution is -0.141. The summed E-state index contributed by atoms with van der Waals surface area (Å²) in [4.78, 5) is 29.5. The van der Waals surface area contributed by atoms with Crippen LogP contribution in [-0.4, -0.2) is 50.0 Å². The van der Waals surface area contributed by atoms with Crippen molar-refractivity contribution in [3.8, 4) is 0 Å². The first-order chi connectivity index (χ1) is 19.7. The van der Waals surface area contributed by atoms with Gasteiger partial charge in [0.25, 0.3) is 0 Å². The maximum atomic E-state index is 14.0. The number of carbonyl (C=O) groups excluding carboxylic acids is 2. The molecule has 1 fully saturated rings. The van der Waals surface area contributed by atoms with Gasteiger partial charge in [0, 0.05) is 32.0 Å². The fourth-order valence-electron chi connectivity index (χ4n) is 5.49. The molecule has 1 unspecified atom stereocenters. The Bertz CT molecular complexity index is 1390. The zero-order chi connectivity index (χ0) is 29.2. The number of nitrogens with zero attached hydrogens (tertiary/aromatic N) is 2. The molecule has 1 atom stereocenters. The average molecular weight is 576 g/mol. The lowest BCUT2D eigenvalue weighted by atomic mass is 10.0. The van der Waals surface area contributed by atoms with Gasteiger partial charge in [-0.1, -0.05) is 85.6 Å². The van der Waals surface area contributed by atoms with Gasteiger partial charge >= 0.3 is 0 Å². The highest BCUT2D eigenvalue weighted by Crippen LogP contribution is 2.22. The molecule has 4 rings (SSSR count). The molecule has 0 saturated heterocycles. The van der Waals surface area contributed by atoms with E-state index in [2.05, 4.69) is 5.32 Å². The van der Waals surface area contributed by atoms with Crippen LogP contribution in [0.1, 0.15) is 55.2 Å². The fourth-order valence-corrected chi connectivity index (χ4v) is 6.46. The first-order valence-electron chi connectivity index (χ1n) is 14.4. The molecule has 1 aliphatic carbocycles. The number of hydrogen-bond acceptors (Lipinski definition) is 4. The number of amides is 2. The minimum absolute atomic E-state index is 0.118. The minimum atomic E-state index is -3.53. The molecule has 41 heavy (non-hydrogen) atoms. The van der Waals surface area contributed by atoms with Crippen LogP contribution in [0, 0.1) is 6.92 Å². The number of sulfonamides is 1. The molecule has 3 aromatic rings. The molecule has 0 radical (unpaired) electrons. The third-order valence-corrected chi connectivity index (χ3v) is 8.97. The molecule has 0 aromatic heterocycles. The first-order valence-corrected chi connectivity index (χ1v) is 16.3. The molecule has 7 nitrogen and oxygen atoms in total. The molecule has 1 aliphatic rings. The topological polar surface area (TPSA) is 86.8 Å². The van der Waals surface area contributed by atoms with Gasteiger partial charge < -0.3 is 10.2 Å². The molecule has 0 bridgehead atoms. The monoisotopic (exact) mass is 575 g/mol. The summed E-state index contributed by atoms with van der Waals surface area (Å²) in [7, 11) is -3.53. The summed E-state index contributed by atoms with van der Waals surface area (Å²) in [5.74, 6) is -0.304. The quantitative estimate of drug-likeness (QED) is 0.302. The van der Waals surface area contributed by atoms with Gasteiger partial charge in [-0.25, -0.2) is 8.42 Å². The molecule has 3 aromatic carbocycles. The van der Waals surface area contributed by atoms with Crippen molar-refractivity contribution >= 4 is 27.5 Å². The zero-order valence-electron chi connectivity index (χ0n) is 24.0. The Kier molecular flexibility index (Phi) is 10.6. The normalized spacial score (nSPS) is 14.4. The highest BCUT2D eigenvalue weighted by molar-refractivity contribution is 7.92. The van der Waals surface area contributed by atoms with Crippen molar-refractivity contribution in [3.63, 3.8) is 0 Å². The summed E-state index contributed by atoms with van der Waals surface area (Å²) in [5.41, 5.74) is 3.58. The van der Waals surface area contributed by atoms with E-state index in [1.807, 2.05) is 67.6 Å². The van der Waals surface area contributed by atoms with Crippen molar-refractivity contribution in [1.29, 1.82) is 0 Å². The maximum Gasteiger partial charge on any atom is 0.243 e.